The summed E-state index contributed by atoms with van der Waals surface area (Å²) >= 11 is 7.44. The van der Waals surface area contributed by atoms with Crippen LogP contribution in [0.2, 0.25) is 5.02 Å². The highest BCUT2D eigenvalue weighted by Gasteiger charge is 2.15. The largest absolute Gasteiger partial charge is 0.378 e. The molecule has 9 heteroatoms. The highest BCUT2D eigenvalue weighted by atomic mass is 35.5. The lowest BCUT2D eigenvalue weighted by Gasteiger charge is -2.11. The summed E-state index contributed by atoms with van der Waals surface area (Å²) in [6.07, 6.45) is 0.305. The fourth-order valence-corrected chi connectivity index (χ4v) is 4.37. The first-order chi connectivity index (χ1) is 17.0. The maximum Gasteiger partial charge on any atom is 0.225 e. The van der Waals surface area contributed by atoms with Crippen molar-refractivity contribution in [1.29, 1.82) is 0 Å². The van der Waals surface area contributed by atoms with Crippen molar-refractivity contribution >= 4 is 46.4 Å². The van der Waals surface area contributed by atoms with Gasteiger partial charge in [0.05, 0.1) is 6.54 Å². The van der Waals surface area contributed by atoms with E-state index in [9.17, 15) is 9.59 Å². The van der Waals surface area contributed by atoms with Crippen molar-refractivity contribution in [3.63, 3.8) is 0 Å². The van der Waals surface area contributed by atoms with E-state index in [1.54, 1.807) is 24.3 Å². The van der Waals surface area contributed by atoms with Crippen LogP contribution in [0.5, 0.6) is 0 Å². The van der Waals surface area contributed by atoms with Crippen molar-refractivity contribution in [3.05, 3.63) is 95.3 Å². The summed E-state index contributed by atoms with van der Waals surface area (Å²) in [6.45, 7) is 1.99. The molecule has 0 aliphatic heterocycles. The van der Waals surface area contributed by atoms with E-state index in [0.717, 1.165) is 17.2 Å². The first kappa shape index (κ1) is 24.5. The van der Waals surface area contributed by atoms with Crippen molar-refractivity contribution in [2.75, 3.05) is 16.4 Å². The molecule has 0 saturated carbocycles. The number of carbonyl (C=O) groups is 2. The van der Waals surface area contributed by atoms with E-state index < -0.39 is 0 Å². The van der Waals surface area contributed by atoms with Gasteiger partial charge in [0.2, 0.25) is 5.91 Å². The van der Waals surface area contributed by atoms with Crippen LogP contribution >= 0.6 is 23.4 Å². The zero-order valence-electron chi connectivity index (χ0n) is 19.1. The number of nitrogens with zero attached hydrogens (tertiary/aromatic N) is 3. The van der Waals surface area contributed by atoms with Crippen LogP contribution in [0.25, 0.3) is 5.69 Å². The van der Waals surface area contributed by atoms with Gasteiger partial charge in [-0.05, 0) is 67.6 Å². The molecule has 3 aromatic carbocycles. The van der Waals surface area contributed by atoms with E-state index in [0.29, 0.717) is 40.1 Å². The SMILES string of the molecule is CC(=O)c1ccc(NC(=O)CCSc2nnc(CNc3ccc(Cl)cc3)n2-c2ccccc2)cc1. The highest BCUT2D eigenvalue weighted by molar-refractivity contribution is 7.99. The summed E-state index contributed by atoms with van der Waals surface area (Å²) in [6, 6.07) is 24.2. The Morgan fingerprint density at radius 2 is 1.60 bits per heavy atom. The number of thioether (sulfide) groups is 1. The number of benzene rings is 3. The van der Waals surface area contributed by atoms with Crippen LogP contribution in [0, 0.1) is 0 Å². The van der Waals surface area contributed by atoms with Crippen molar-refractivity contribution in [3.8, 4) is 5.69 Å². The number of rotatable bonds is 10. The van der Waals surface area contributed by atoms with Crippen molar-refractivity contribution in [2.45, 2.75) is 25.0 Å². The third-order valence-corrected chi connectivity index (χ3v) is 6.33. The van der Waals surface area contributed by atoms with Gasteiger partial charge in [0, 0.05) is 39.8 Å². The first-order valence-electron chi connectivity index (χ1n) is 11.0. The minimum atomic E-state index is -0.108. The topological polar surface area (TPSA) is 88.9 Å². The number of Topliss-reactive ketones (excluding diaryl/α,β-unsaturated/α-hetero) is 1. The molecular weight excluding hydrogens is 482 g/mol. The molecule has 2 N–H and O–H groups in total. The normalized spacial score (nSPS) is 10.7. The van der Waals surface area contributed by atoms with Gasteiger partial charge in [0.25, 0.3) is 0 Å². The molecule has 178 valence electrons. The van der Waals surface area contributed by atoms with Crippen LogP contribution in [0.4, 0.5) is 11.4 Å². The average molecular weight is 506 g/mol. The Labute approximate surface area is 212 Å². The molecule has 7 nitrogen and oxygen atoms in total. The third kappa shape index (κ3) is 6.71. The maximum absolute atomic E-state index is 12.4. The van der Waals surface area contributed by atoms with E-state index in [4.69, 9.17) is 11.6 Å². The highest BCUT2D eigenvalue weighted by Crippen LogP contribution is 2.24. The lowest BCUT2D eigenvalue weighted by molar-refractivity contribution is -0.115. The molecule has 0 aliphatic rings. The molecule has 1 amide bonds. The number of hydrogen-bond donors (Lipinski definition) is 2. The minimum absolute atomic E-state index is 0.00969. The van der Waals surface area contributed by atoms with Crippen LogP contribution in [-0.4, -0.2) is 32.2 Å². The molecule has 4 rings (SSSR count). The number of para-hydroxylation sites is 1. The second-order valence-corrected chi connectivity index (χ2v) is 9.21. The van der Waals surface area contributed by atoms with Crippen LogP contribution in [-0.2, 0) is 11.3 Å². The lowest BCUT2D eigenvalue weighted by Crippen LogP contribution is -2.12. The van der Waals surface area contributed by atoms with Gasteiger partial charge >= 0.3 is 0 Å². The van der Waals surface area contributed by atoms with E-state index >= 15 is 0 Å². The van der Waals surface area contributed by atoms with E-state index in [-0.39, 0.29) is 11.7 Å². The van der Waals surface area contributed by atoms with Crippen LogP contribution in [0.1, 0.15) is 29.5 Å². The standard InChI is InChI=1S/C26H24ClN5O2S/c1-18(33)19-7-11-22(12-8-19)29-25(34)15-16-35-26-31-30-24(32(26)23-5-3-2-4-6-23)17-28-21-13-9-20(27)10-14-21/h2-14,28H,15-17H2,1H3,(H,29,34). The quantitative estimate of drug-likeness (QED) is 0.207. The Morgan fingerprint density at radius 3 is 2.29 bits per heavy atom. The van der Waals surface area contributed by atoms with Crippen molar-refractivity contribution < 1.29 is 9.59 Å². The number of nitrogens with one attached hydrogen (secondary N) is 2. The number of anilines is 2. The fourth-order valence-electron chi connectivity index (χ4n) is 3.34. The third-order valence-electron chi connectivity index (χ3n) is 5.15. The number of amides is 1. The molecule has 0 saturated heterocycles. The number of hydrogen-bond acceptors (Lipinski definition) is 6. The van der Waals surface area contributed by atoms with Gasteiger partial charge in [-0.2, -0.15) is 0 Å². The second-order valence-electron chi connectivity index (χ2n) is 7.71. The van der Waals surface area contributed by atoms with Gasteiger partial charge < -0.3 is 10.6 Å². The molecule has 0 spiro atoms. The van der Waals surface area contributed by atoms with Crippen LogP contribution < -0.4 is 10.6 Å². The summed E-state index contributed by atoms with van der Waals surface area (Å²) in [5.74, 6) is 1.17. The molecule has 0 radical (unpaired) electrons. The molecule has 1 heterocycles. The Morgan fingerprint density at radius 1 is 0.914 bits per heavy atom. The molecule has 0 aliphatic carbocycles. The number of aromatic nitrogens is 3. The van der Waals surface area contributed by atoms with E-state index in [2.05, 4.69) is 20.8 Å². The fraction of sp³-hybridized carbons (Fsp3) is 0.154. The second kappa shape index (κ2) is 11.7. The maximum atomic E-state index is 12.4. The Kier molecular flexibility index (Phi) is 8.18. The van der Waals surface area contributed by atoms with Crippen LogP contribution in [0.15, 0.2) is 84.0 Å². The summed E-state index contributed by atoms with van der Waals surface area (Å²) < 4.78 is 1.99. The lowest BCUT2D eigenvalue weighted by atomic mass is 10.1. The first-order valence-corrected chi connectivity index (χ1v) is 12.4. The molecule has 4 aromatic rings. The Bertz CT molecular complexity index is 1290. The molecule has 1 aromatic heterocycles. The average Bonchev–Trinajstić information content (AvgIpc) is 3.27. The molecule has 0 atom stereocenters. The zero-order valence-corrected chi connectivity index (χ0v) is 20.6. The van der Waals surface area contributed by atoms with Gasteiger partial charge in [0.15, 0.2) is 16.8 Å². The Hall–Kier alpha value is -3.62. The van der Waals surface area contributed by atoms with Crippen molar-refractivity contribution in [1.82, 2.24) is 14.8 Å². The number of halogens is 1. The van der Waals surface area contributed by atoms with Gasteiger partial charge in [-0.15, -0.1) is 10.2 Å². The monoisotopic (exact) mass is 505 g/mol. The number of carbonyl (C=O) groups excluding carboxylic acids is 2. The smallest absolute Gasteiger partial charge is 0.225 e. The Balaban J connectivity index is 1.39. The summed E-state index contributed by atoms with van der Waals surface area (Å²) in [5.41, 5.74) is 3.15. The summed E-state index contributed by atoms with van der Waals surface area (Å²) in [7, 11) is 0. The van der Waals surface area contributed by atoms with E-state index in [1.165, 1.54) is 18.7 Å². The summed E-state index contributed by atoms with van der Waals surface area (Å²) in [4.78, 5) is 23.8. The van der Waals surface area contributed by atoms with Crippen molar-refractivity contribution in [2.24, 2.45) is 0 Å². The minimum Gasteiger partial charge on any atom is -0.378 e. The van der Waals surface area contributed by atoms with Gasteiger partial charge in [-0.1, -0.05) is 41.6 Å². The van der Waals surface area contributed by atoms with Gasteiger partial charge in [0.1, 0.15) is 0 Å². The number of ketones is 1. The van der Waals surface area contributed by atoms with Gasteiger partial charge in [-0.25, -0.2) is 0 Å². The zero-order chi connectivity index (χ0) is 24.6. The molecular formula is C26H24ClN5O2S. The predicted molar refractivity (Wildman–Crippen MR) is 141 cm³/mol. The summed E-state index contributed by atoms with van der Waals surface area (Å²) in [5, 5.41) is 16.4. The molecule has 0 unspecified atom stereocenters. The molecule has 0 fully saturated rings. The van der Waals surface area contributed by atoms with Gasteiger partial charge in [-0.3, -0.25) is 14.2 Å². The molecule has 35 heavy (non-hydrogen) atoms. The van der Waals surface area contributed by atoms with E-state index in [1.807, 2.05) is 59.2 Å². The van der Waals surface area contributed by atoms with Crippen LogP contribution in [0.3, 0.4) is 0 Å². The molecule has 0 bridgehead atoms. The predicted octanol–water partition coefficient (Wildman–Crippen LogP) is 5.86.